The highest BCUT2D eigenvalue weighted by Crippen LogP contribution is 2.25. The highest BCUT2D eigenvalue weighted by atomic mass is 16.5. The van der Waals surface area contributed by atoms with Crippen molar-refractivity contribution in [1.82, 2.24) is 19.5 Å². The fraction of sp³-hybridized carbons (Fsp3) is 0.318. The summed E-state index contributed by atoms with van der Waals surface area (Å²) in [6, 6.07) is 8.23. The van der Waals surface area contributed by atoms with Crippen molar-refractivity contribution < 1.29 is 18.7 Å². The number of hydrogen-bond acceptors (Lipinski definition) is 6. The minimum atomic E-state index is -0.768. The molecule has 1 amide bonds. The second kappa shape index (κ2) is 8.17. The van der Waals surface area contributed by atoms with E-state index in [4.69, 9.17) is 13.9 Å². The van der Waals surface area contributed by atoms with Crippen LogP contribution < -0.4 is 20.3 Å². The lowest BCUT2D eigenvalue weighted by molar-refractivity contribution is -0.124. The van der Waals surface area contributed by atoms with E-state index in [9.17, 15) is 9.59 Å². The Kier molecular flexibility index (Phi) is 5.41. The van der Waals surface area contributed by atoms with Crippen molar-refractivity contribution in [3.63, 3.8) is 0 Å². The van der Waals surface area contributed by atoms with Gasteiger partial charge in [-0.2, -0.15) is 5.10 Å². The third kappa shape index (κ3) is 3.63. The van der Waals surface area contributed by atoms with Crippen LogP contribution in [0.25, 0.3) is 16.6 Å². The molecule has 0 saturated carbocycles. The summed E-state index contributed by atoms with van der Waals surface area (Å²) in [4.78, 5) is 25.7. The van der Waals surface area contributed by atoms with Crippen LogP contribution >= 0.6 is 0 Å². The smallest absolute Gasteiger partial charge is 0.291 e. The van der Waals surface area contributed by atoms with Crippen molar-refractivity contribution in [2.45, 2.75) is 26.3 Å². The number of furan rings is 1. The van der Waals surface area contributed by atoms with Gasteiger partial charge in [-0.1, -0.05) is 6.07 Å². The molecule has 9 heteroatoms. The fourth-order valence-corrected chi connectivity index (χ4v) is 3.69. The molecule has 0 radical (unpaired) electrons. The van der Waals surface area contributed by atoms with Gasteiger partial charge in [-0.3, -0.25) is 14.0 Å². The van der Waals surface area contributed by atoms with Crippen LogP contribution in [0.4, 0.5) is 0 Å². The zero-order valence-electron chi connectivity index (χ0n) is 17.8. The van der Waals surface area contributed by atoms with E-state index in [-0.39, 0.29) is 11.5 Å². The summed E-state index contributed by atoms with van der Waals surface area (Å²) in [5.74, 6) is 1.69. The van der Waals surface area contributed by atoms with Crippen LogP contribution in [-0.4, -0.2) is 40.9 Å². The Labute approximate surface area is 178 Å². The van der Waals surface area contributed by atoms with Gasteiger partial charge in [-0.25, -0.2) is 4.68 Å². The summed E-state index contributed by atoms with van der Waals surface area (Å²) in [6.45, 7) is 3.83. The van der Waals surface area contributed by atoms with E-state index in [1.165, 1.54) is 4.68 Å². The van der Waals surface area contributed by atoms with E-state index in [0.29, 0.717) is 41.4 Å². The van der Waals surface area contributed by atoms with E-state index in [1.807, 2.05) is 12.1 Å². The normalized spacial score (nSPS) is 12.3. The topological polar surface area (TPSA) is 100 Å². The average molecular weight is 424 g/mol. The number of aryl methyl sites for hydroxylation is 1. The third-order valence-corrected chi connectivity index (χ3v) is 5.36. The van der Waals surface area contributed by atoms with Gasteiger partial charge >= 0.3 is 0 Å². The molecule has 1 N–H and O–H groups in total. The third-order valence-electron chi connectivity index (χ3n) is 5.36. The maximum Gasteiger partial charge on any atom is 0.291 e. The Morgan fingerprint density at radius 1 is 1.19 bits per heavy atom. The van der Waals surface area contributed by atoms with Crippen molar-refractivity contribution in [3.8, 4) is 11.5 Å². The van der Waals surface area contributed by atoms with Gasteiger partial charge in [0.15, 0.2) is 5.58 Å². The first-order chi connectivity index (χ1) is 14.9. The molecule has 31 heavy (non-hydrogen) atoms. The predicted octanol–water partition coefficient (Wildman–Crippen LogP) is 2.49. The van der Waals surface area contributed by atoms with E-state index < -0.39 is 6.04 Å². The SMILES string of the molecule is COc1ccc(CCNC(=O)[C@@H](C)n2nc(C)n3c(cc4occc43)c2=O)c(OC)c1. The number of carbonyl (C=O) groups is 1. The number of fused-ring (bicyclic) bond motifs is 3. The van der Waals surface area contributed by atoms with Crippen LogP contribution in [0.2, 0.25) is 0 Å². The highest BCUT2D eigenvalue weighted by Gasteiger charge is 2.21. The molecule has 0 aliphatic carbocycles. The average Bonchev–Trinajstić information content (AvgIpc) is 3.37. The van der Waals surface area contributed by atoms with Crippen molar-refractivity contribution in [3.05, 3.63) is 58.3 Å². The summed E-state index contributed by atoms with van der Waals surface area (Å²) < 4.78 is 18.9. The molecule has 162 valence electrons. The number of hydrogen-bond donors (Lipinski definition) is 1. The second-order valence-electron chi connectivity index (χ2n) is 7.23. The van der Waals surface area contributed by atoms with Crippen LogP contribution in [0.1, 0.15) is 24.4 Å². The van der Waals surface area contributed by atoms with Crippen molar-refractivity contribution >= 4 is 22.5 Å². The Hall–Kier alpha value is -3.75. The molecule has 3 heterocycles. The number of nitrogens with zero attached hydrogens (tertiary/aromatic N) is 3. The van der Waals surface area contributed by atoms with Crippen LogP contribution in [0, 0.1) is 6.92 Å². The van der Waals surface area contributed by atoms with Crippen molar-refractivity contribution in [1.29, 1.82) is 0 Å². The number of carbonyl (C=O) groups excluding carboxylic acids is 1. The van der Waals surface area contributed by atoms with Crippen LogP contribution in [0.5, 0.6) is 11.5 Å². The Morgan fingerprint density at radius 2 is 2.00 bits per heavy atom. The molecule has 3 aromatic heterocycles. The van der Waals surface area contributed by atoms with E-state index in [0.717, 1.165) is 11.1 Å². The molecule has 0 unspecified atom stereocenters. The van der Waals surface area contributed by atoms with E-state index >= 15 is 0 Å². The quantitative estimate of drug-likeness (QED) is 0.489. The van der Waals surface area contributed by atoms with Crippen molar-refractivity contribution in [2.24, 2.45) is 0 Å². The number of benzene rings is 1. The summed E-state index contributed by atoms with van der Waals surface area (Å²) >= 11 is 0. The molecule has 4 aromatic rings. The fourth-order valence-electron chi connectivity index (χ4n) is 3.69. The zero-order valence-corrected chi connectivity index (χ0v) is 17.8. The monoisotopic (exact) mass is 424 g/mol. The number of amides is 1. The lowest BCUT2D eigenvalue weighted by Crippen LogP contribution is -2.38. The molecule has 9 nitrogen and oxygen atoms in total. The highest BCUT2D eigenvalue weighted by molar-refractivity contribution is 5.83. The molecule has 0 bridgehead atoms. The first-order valence-electron chi connectivity index (χ1n) is 9.91. The molecule has 1 aromatic carbocycles. The summed E-state index contributed by atoms with van der Waals surface area (Å²) in [5.41, 5.74) is 2.39. The summed E-state index contributed by atoms with van der Waals surface area (Å²) in [6.07, 6.45) is 2.14. The lowest BCUT2D eigenvalue weighted by Gasteiger charge is -2.16. The van der Waals surface area contributed by atoms with Crippen LogP contribution in [-0.2, 0) is 11.2 Å². The Balaban J connectivity index is 1.50. The first-order valence-corrected chi connectivity index (χ1v) is 9.91. The predicted molar refractivity (Wildman–Crippen MR) is 115 cm³/mol. The van der Waals surface area contributed by atoms with Crippen molar-refractivity contribution in [2.75, 3.05) is 20.8 Å². The largest absolute Gasteiger partial charge is 0.497 e. The minimum Gasteiger partial charge on any atom is -0.497 e. The molecule has 0 aliphatic rings. The van der Waals surface area contributed by atoms with Gasteiger partial charge in [-0.15, -0.1) is 0 Å². The second-order valence-corrected chi connectivity index (χ2v) is 7.23. The molecular weight excluding hydrogens is 400 g/mol. The van der Waals surface area contributed by atoms with E-state index in [1.54, 1.807) is 56.9 Å². The van der Waals surface area contributed by atoms with Gasteiger partial charge in [-0.05, 0) is 31.9 Å². The molecule has 1 atom stereocenters. The number of rotatable bonds is 7. The minimum absolute atomic E-state index is 0.291. The van der Waals surface area contributed by atoms with Gasteiger partial charge in [0.1, 0.15) is 28.9 Å². The summed E-state index contributed by atoms with van der Waals surface area (Å²) in [5, 5.41) is 7.24. The number of ether oxygens (including phenoxy) is 2. The number of methoxy groups -OCH3 is 2. The van der Waals surface area contributed by atoms with Crippen LogP contribution in [0.3, 0.4) is 0 Å². The Bertz CT molecular complexity index is 1320. The maximum absolute atomic E-state index is 13.0. The maximum atomic E-state index is 13.0. The number of aromatic nitrogens is 3. The molecule has 0 fully saturated rings. The van der Waals surface area contributed by atoms with Gasteiger partial charge in [0, 0.05) is 24.7 Å². The molecular formula is C22H24N4O5. The van der Waals surface area contributed by atoms with Gasteiger partial charge in [0.25, 0.3) is 5.56 Å². The van der Waals surface area contributed by atoms with E-state index in [2.05, 4.69) is 10.4 Å². The van der Waals surface area contributed by atoms with Gasteiger partial charge in [0.2, 0.25) is 5.91 Å². The van der Waals surface area contributed by atoms with Gasteiger partial charge in [0.05, 0.1) is 26.0 Å². The summed E-state index contributed by atoms with van der Waals surface area (Å²) in [7, 11) is 3.18. The molecule has 4 rings (SSSR count). The Morgan fingerprint density at radius 3 is 2.74 bits per heavy atom. The lowest BCUT2D eigenvalue weighted by atomic mass is 10.1. The first kappa shape index (κ1) is 20.5. The standard InChI is InChI=1S/C22H24N4O5/c1-13(21(27)23-9-7-15-5-6-16(29-3)11-19(15)30-4)26-22(28)18-12-20-17(8-10-31-20)25(18)14(2)24-26/h5-6,8,10-13H,7,9H2,1-4H3,(H,23,27)/t13-/m1/s1. The zero-order chi connectivity index (χ0) is 22.1. The number of nitrogens with one attached hydrogen (secondary N) is 1. The molecule has 0 saturated heterocycles. The molecule has 0 spiro atoms. The molecule has 0 aliphatic heterocycles. The van der Waals surface area contributed by atoms with Crippen LogP contribution in [0.15, 0.2) is 45.8 Å². The van der Waals surface area contributed by atoms with Gasteiger partial charge < -0.3 is 19.2 Å².